The van der Waals surface area contributed by atoms with E-state index in [-0.39, 0.29) is 12.1 Å². The molecule has 0 radical (unpaired) electrons. The molecule has 1 saturated carbocycles. The first-order valence-electron chi connectivity index (χ1n) is 7.02. The first kappa shape index (κ1) is 16.9. The van der Waals surface area contributed by atoms with E-state index in [1.165, 1.54) is 34.8 Å². The van der Waals surface area contributed by atoms with Gasteiger partial charge in [0.2, 0.25) is 0 Å². The summed E-state index contributed by atoms with van der Waals surface area (Å²) in [5.74, 6) is -0.957. The Kier molecular flexibility index (Phi) is 4.90. The summed E-state index contributed by atoms with van der Waals surface area (Å²) >= 11 is 11.1. The number of thiophene rings is 2. The fraction of sp³-hybridized carbons (Fsp3) is 0.429. The van der Waals surface area contributed by atoms with Crippen molar-refractivity contribution < 1.29 is 8.78 Å². The van der Waals surface area contributed by atoms with E-state index in [4.69, 9.17) is 0 Å². The topological polar surface area (TPSA) is 24.1 Å². The van der Waals surface area contributed by atoms with Crippen molar-refractivity contribution in [2.75, 3.05) is 0 Å². The van der Waals surface area contributed by atoms with Crippen LogP contribution in [-0.4, -0.2) is 24.4 Å². The Bertz CT molecular complexity index is 652. The molecule has 6 unspecified atom stereocenters. The van der Waals surface area contributed by atoms with Gasteiger partial charge >= 0.3 is 0 Å². The SMILES string of the molecule is FC1C(F)C(c2ccc(Br)s2)C2NSNC2C1c1ccc(Br)s1. The van der Waals surface area contributed by atoms with Gasteiger partial charge in [0, 0.05) is 45.8 Å². The van der Waals surface area contributed by atoms with E-state index >= 15 is 8.78 Å². The lowest BCUT2D eigenvalue weighted by Gasteiger charge is -2.42. The Labute approximate surface area is 162 Å². The highest BCUT2D eigenvalue weighted by Crippen LogP contribution is 2.50. The minimum Gasteiger partial charge on any atom is -0.245 e. The molecule has 4 rings (SSSR count). The third kappa shape index (κ3) is 2.96. The van der Waals surface area contributed by atoms with E-state index in [0.29, 0.717) is 0 Å². The molecule has 0 spiro atoms. The second-order valence-electron chi connectivity index (χ2n) is 5.61. The van der Waals surface area contributed by atoms with Gasteiger partial charge in [0.15, 0.2) is 0 Å². The Hall–Kier alpha value is 0.490. The van der Waals surface area contributed by atoms with Crippen molar-refractivity contribution in [3.8, 4) is 0 Å². The van der Waals surface area contributed by atoms with Crippen molar-refractivity contribution in [3.05, 3.63) is 41.6 Å². The van der Waals surface area contributed by atoms with E-state index in [9.17, 15) is 0 Å². The molecule has 2 aliphatic rings. The van der Waals surface area contributed by atoms with Crippen LogP contribution in [0.4, 0.5) is 8.78 Å². The number of nitrogens with one attached hydrogen (secondary N) is 2. The first-order chi connectivity index (χ1) is 11.1. The molecule has 2 nitrogen and oxygen atoms in total. The fourth-order valence-electron chi connectivity index (χ4n) is 3.39. The van der Waals surface area contributed by atoms with Gasteiger partial charge in [0.1, 0.15) is 12.3 Å². The summed E-state index contributed by atoms with van der Waals surface area (Å²) in [6, 6.07) is 7.29. The summed E-state index contributed by atoms with van der Waals surface area (Å²) in [4.78, 5) is 1.76. The molecule has 6 atom stereocenters. The Balaban J connectivity index is 1.72. The van der Waals surface area contributed by atoms with Gasteiger partial charge < -0.3 is 0 Å². The zero-order valence-electron chi connectivity index (χ0n) is 11.5. The van der Waals surface area contributed by atoms with E-state index in [1.807, 2.05) is 24.3 Å². The maximum Gasteiger partial charge on any atom is 0.141 e. The summed E-state index contributed by atoms with van der Waals surface area (Å²) in [5.41, 5.74) is 0. The minimum atomic E-state index is -1.53. The second kappa shape index (κ2) is 6.66. The molecule has 0 amide bonds. The van der Waals surface area contributed by atoms with Gasteiger partial charge in [-0.2, -0.15) is 0 Å². The van der Waals surface area contributed by atoms with E-state index in [2.05, 4.69) is 41.3 Å². The number of rotatable bonds is 2. The van der Waals surface area contributed by atoms with Crippen LogP contribution < -0.4 is 9.44 Å². The van der Waals surface area contributed by atoms with Crippen LogP contribution in [0.15, 0.2) is 31.8 Å². The molecule has 23 heavy (non-hydrogen) atoms. The first-order valence-corrected chi connectivity index (χ1v) is 11.1. The standard InChI is InChI=1S/C14H12Br2F2N2S3/c15-7-3-1-5(21-7)9-11(17)12(18)10(6-2-4-8(16)22-6)14-13(9)19-23-20-14/h1-4,9-14,19-20H. The summed E-state index contributed by atoms with van der Waals surface area (Å²) in [7, 11) is 0. The largest absolute Gasteiger partial charge is 0.245 e. The predicted molar refractivity (Wildman–Crippen MR) is 101 cm³/mol. The molecular formula is C14H12Br2F2N2S3. The highest BCUT2D eigenvalue weighted by molar-refractivity contribution is 9.11. The number of alkyl halides is 2. The van der Waals surface area contributed by atoms with Crippen LogP contribution >= 0.6 is 66.7 Å². The molecule has 124 valence electrons. The van der Waals surface area contributed by atoms with Gasteiger partial charge in [-0.3, -0.25) is 0 Å². The maximum atomic E-state index is 15.0. The number of halogens is 4. The molecule has 9 heteroatoms. The molecule has 2 fully saturated rings. The lowest BCUT2D eigenvalue weighted by Crippen LogP contribution is -2.55. The van der Waals surface area contributed by atoms with Crippen molar-refractivity contribution in [2.24, 2.45) is 0 Å². The average molecular weight is 502 g/mol. The summed E-state index contributed by atoms with van der Waals surface area (Å²) in [6.45, 7) is 0. The molecule has 1 aliphatic heterocycles. The highest BCUT2D eigenvalue weighted by atomic mass is 79.9. The van der Waals surface area contributed by atoms with Crippen molar-refractivity contribution in [1.82, 2.24) is 9.44 Å². The van der Waals surface area contributed by atoms with Crippen molar-refractivity contribution >= 4 is 66.7 Å². The lowest BCUT2D eigenvalue weighted by molar-refractivity contribution is 0.0563. The van der Waals surface area contributed by atoms with Crippen molar-refractivity contribution in [2.45, 2.75) is 36.3 Å². The van der Waals surface area contributed by atoms with Gasteiger partial charge in [-0.15, -0.1) is 22.7 Å². The summed E-state index contributed by atoms with van der Waals surface area (Å²) in [6.07, 6.45) is -3.05. The van der Waals surface area contributed by atoms with Gasteiger partial charge in [-0.1, -0.05) is 0 Å². The van der Waals surface area contributed by atoms with Gasteiger partial charge in [0.05, 0.1) is 7.57 Å². The Morgan fingerprint density at radius 2 is 1.22 bits per heavy atom. The molecule has 2 N–H and O–H groups in total. The number of hydrogen-bond acceptors (Lipinski definition) is 5. The van der Waals surface area contributed by atoms with Gasteiger partial charge in [0.25, 0.3) is 0 Å². The van der Waals surface area contributed by atoms with Crippen LogP contribution in [0.1, 0.15) is 21.6 Å². The third-order valence-electron chi connectivity index (χ3n) is 4.39. The van der Waals surface area contributed by atoms with Gasteiger partial charge in [-0.25, -0.2) is 18.2 Å². The molecule has 2 aromatic rings. The molecule has 0 bridgehead atoms. The average Bonchev–Trinajstić information content (AvgIpc) is 3.23. The third-order valence-corrected chi connectivity index (χ3v) is 8.62. The quantitative estimate of drug-likeness (QED) is 0.540. The molecule has 0 aromatic carbocycles. The highest BCUT2D eigenvalue weighted by Gasteiger charge is 2.55. The molecule has 1 saturated heterocycles. The van der Waals surface area contributed by atoms with Gasteiger partial charge in [-0.05, 0) is 56.1 Å². The number of fused-ring (bicyclic) bond motifs is 1. The lowest BCUT2D eigenvalue weighted by atomic mass is 9.71. The summed E-state index contributed by atoms with van der Waals surface area (Å²) < 4.78 is 38.5. The maximum absolute atomic E-state index is 15.0. The summed E-state index contributed by atoms with van der Waals surface area (Å²) in [5, 5.41) is 0. The molecule has 3 heterocycles. The monoisotopic (exact) mass is 500 g/mol. The van der Waals surface area contributed by atoms with E-state index in [1.54, 1.807) is 0 Å². The smallest absolute Gasteiger partial charge is 0.141 e. The second-order valence-corrected chi connectivity index (χ2v) is 11.3. The fourth-order valence-corrected chi connectivity index (χ4v) is 7.52. The molecule has 1 aliphatic carbocycles. The normalized spacial score (nSPS) is 37.0. The zero-order valence-corrected chi connectivity index (χ0v) is 17.1. The van der Waals surface area contributed by atoms with Crippen LogP contribution in [0.5, 0.6) is 0 Å². The minimum absolute atomic E-state index is 0.140. The van der Waals surface area contributed by atoms with Crippen LogP contribution in [0, 0.1) is 0 Å². The molecular weight excluding hydrogens is 490 g/mol. The zero-order chi connectivity index (χ0) is 16.1. The van der Waals surface area contributed by atoms with Crippen LogP contribution in [0.3, 0.4) is 0 Å². The van der Waals surface area contributed by atoms with Crippen LogP contribution in [0.2, 0.25) is 0 Å². The van der Waals surface area contributed by atoms with E-state index < -0.39 is 24.2 Å². The van der Waals surface area contributed by atoms with Crippen molar-refractivity contribution in [3.63, 3.8) is 0 Å². The Morgan fingerprint density at radius 3 is 1.57 bits per heavy atom. The van der Waals surface area contributed by atoms with Crippen LogP contribution in [0.25, 0.3) is 0 Å². The van der Waals surface area contributed by atoms with Crippen LogP contribution in [-0.2, 0) is 0 Å². The predicted octanol–water partition coefficient (Wildman–Crippen LogP) is 5.39. The Morgan fingerprint density at radius 1 is 0.783 bits per heavy atom. The number of hydrogen-bond donors (Lipinski definition) is 2. The molecule has 2 aromatic heterocycles. The van der Waals surface area contributed by atoms with Crippen molar-refractivity contribution in [1.29, 1.82) is 0 Å². The van der Waals surface area contributed by atoms with E-state index in [0.717, 1.165) is 17.3 Å².